The van der Waals surface area contributed by atoms with Gasteiger partial charge in [0.15, 0.2) is 0 Å². The number of barbiturate groups is 1. The second-order valence-corrected chi connectivity index (χ2v) is 6.76. The van der Waals surface area contributed by atoms with Gasteiger partial charge in [-0.15, -0.1) is 0 Å². The van der Waals surface area contributed by atoms with Crippen molar-refractivity contribution in [2.45, 2.75) is 6.92 Å². The second kappa shape index (κ2) is 8.23. The summed E-state index contributed by atoms with van der Waals surface area (Å²) >= 11 is 3.33. The number of nitro groups is 1. The van der Waals surface area contributed by atoms with Crippen LogP contribution in [0.25, 0.3) is 6.08 Å². The fourth-order valence-corrected chi connectivity index (χ4v) is 3.07. The lowest BCUT2D eigenvalue weighted by Gasteiger charge is -2.26. The van der Waals surface area contributed by atoms with Crippen LogP contribution in [0.4, 0.5) is 16.2 Å². The van der Waals surface area contributed by atoms with Crippen molar-refractivity contribution in [3.05, 3.63) is 68.2 Å². The maximum absolute atomic E-state index is 12.9. The average Bonchev–Trinajstić information content (AvgIpc) is 2.67. The summed E-state index contributed by atoms with van der Waals surface area (Å²) in [6.07, 6.45) is 1.33. The zero-order valence-electron chi connectivity index (χ0n) is 15.0. The number of nitro benzene ring substituents is 1. The summed E-state index contributed by atoms with van der Waals surface area (Å²) in [5.41, 5.74) is 0.0939. The highest BCUT2D eigenvalue weighted by molar-refractivity contribution is 9.10. The summed E-state index contributed by atoms with van der Waals surface area (Å²) in [5.74, 6) is -1.24. The summed E-state index contributed by atoms with van der Waals surface area (Å²) in [5, 5.41) is 12.9. The zero-order chi connectivity index (χ0) is 21.1. The Balaban J connectivity index is 2.02. The zero-order valence-corrected chi connectivity index (χ0v) is 16.6. The quantitative estimate of drug-likeness (QED) is 0.316. The van der Waals surface area contributed by atoms with E-state index in [-0.39, 0.29) is 16.9 Å². The van der Waals surface area contributed by atoms with Crippen molar-refractivity contribution in [3.63, 3.8) is 0 Å². The Hall–Kier alpha value is -3.53. The van der Waals surface area contributed by atoms with Gasteiger partial charge in [-0.25, -0.2) is 9.69 Å². The van der Waals surface area contributed by atoms with Gasteiger partial charge in [-0.3, -0.25) is 25.0 Å². The molecule has 1 aliphatic rings. The molecule has 0 saturated carbocycles. The number of halogens is 1. The minimum absolute atomic E-state index is 0.0933. The van der Waals surface area contributed by atoms with Crippen LogP contribution in [0, 0.1) is 10.1 Å². The molecule has 1 heterocycles. The molecule has 1 fully saturated rings. The lowest BCUT2D eigenvalue weighted by atomic mass is 10.1. The number of anilines is 1. The minimum atomic E-state index is -0.940. The summed E-state index contributed by atoms with van der Waals surface area (Å²) in [6.45, 7) is 2.18. The molecule has 2 aromatic rings. The number of hydrogen-bond acceptors (Lipinski definition) is 6. The smallest absolute Gasteiger partial charge is 0.335 e. The van der Waals surface area contributed by atoms with Crippen molar-refractivity contribution in [3.8, 4) is 5.75 Å². The predicted octanol–water partition coefficient (Wildman–Crippen LogP) is 3.42. The third-order valence-corrected chi connectivity index (χ3v) is 4.49. The van der Waals surface area contributed by atoms with Crippen molar-refractivity contribution >= 4 is 51.2 Å². The summed E-state index contributed by atoms with van der Waals surface area (Å²) in [4.78, 5) is 48.4. The first kappa shape index (κ1) is 20.2. The molecule has 0 radical (unpaired) electrons. The van der Waals surface area contributed by atoms with Gasteiger partial charge in [0.1, 0.15) is 11.3 Å². The SMILES string of the molecule is CCOc1ccc(Br)cc1C=C1C(=O)NC(=O)N(c2ccc([N+](=O)[O-])cc2)C1=O. The van der Waals surface area contributed by atoms with E-state index in [4.69, 9.17) is 4.74 Å². The van der Waals surface area contributed by atoms with Crippen LogP contribution in [0.5, 0.6) is 5.75 Å². The molecule has 0 aromatic heterocycles. The molecule has 10 heteroatoms. The number of rotatable bonds is 5. The second-order valence-electron chi connectivity index (χ2n) is 5.85. The number of ether oxygens (including phenoxy) is 1. The summed E-state index contributed by atoms with van der Waals surface area (Å²) in [6, 6.07) is 9.01. The minimum Gasteiger partial charge on any atom is -0.493 e. The monoisotopic (exact) mass is 459 g/mol. The van der Waals surface area contributed by atoms with Crippen LogP contribution in [-0.4, -0.2) is 29.4 Å². The molecule has 1 aliphatic heterocycles. The molecule has 0 spiro atoms. The molecular formula is C19H14BrN3O6. The van der Waals surface area contributed by atoms with Crippen LogP contribution in [0.15, 0.2) is 52.5 Å². The standard InChI is InChI=1S/C19H14BrN3O6/c1-2-29-16-8-3-12(20)9-11(16)10-15-17(24)21-19(26)22(18(15)25)13-4-6-14(7-5-13)23(27)28/h3-10H,2H2,1H3,(H,21,24,26). The molecule has 1 N–H and O–H groups in total. The molecule has 0 atom stereocenters. The van der Waals surface area contributed by atoms with Gasteiger partial charge >= 0.3 is 6.03 Å². The number of non-ortho nitro benzene ring substituents is 1. The number of carbonyl (C=O) groups is 3. The number of nitrogens with one attached hydrogen (secondary N) is 1. The molecule has 3 rings (SSSR count). The normalized spacial score (nSPS) is 15.4. The molecule has 29 heavy (non-hydrogen) atoms. The van der Waals surface area contributed by atoms with Gasteiger partial charge in [0.2, 0.25) is 0 Å². The molecule has 0 unspecified atom stereocenters. The maximum Gasteiger partial charge on any atom is 0.335 e. The molecule has 2 aromatic carbocycles. The summed E-state index contributed by atoms with van der Waals surface area (Å²) in [7, 11) is 0. The van der Waals surface area contributed by atoms with Crippen molar-refractivity contribution < 1.29 is 24.0 Å². The van der Waals surface area contributed by atoms with Crippen molar-refractivity contribution in [1.82, 2.24) is 5.32 Å². The lowest BCUT2D eigenvalue weighted by Crippen LogP contribution is -2.54. The molecule has 148 valence electrons. The number of benzene rings is 2. The highest BCUT2D eigenvalue weighted by atomic mass is 79.9. The first-order chi connectivity index (χ1) is 13.8. The Morgan fingerprint density at radius 1 is 1.17 bits per heavy atom. The molecule has 0 aliphatic carbocycles. The topological polar surface area (TPSA) is 119 Å². The van der Waals surface area contributed by atoms with E-state index >= 15 is 0 Å². The van der Waals surface area contributed by atoms with E-state index in [0.29, 0.717) is 22.4 Å². The van der Waals surface area contributed by atoms with E-state index in [1.165, 1.54) is 18.2 Å². The lowest BCUT2D eigenvalue weighted by molar-refractivity contribution is -0.384. The number of urea groups is 1. The Morgan fingerprint density at radius 2 is 1.86 bits per heavy atom. The van der Waals surface area contributed by atoms with Gasteiger partial charge in [-0.05, 0) is 43.3 Å². The van der Waals surface area contributed by atoms with Crippen LogP contribution >= 0.6 is 15.9 Å². The Morgan fingerprint density at radius 3 is 2.48 bits per heavy atom. The number of imide groups is 2. The maximum atomic E-state index is 12.9. The van der Waals surface area contributed by atoms with E-state index in [0.717, 1.165) is 17.0 Å². The molecule has 9 nitrogen and oxygen atoms in total. The molecule has 4 amide bonds. The Bertz CT molecular complexity index is 1050. The van der Waals surface area contributed by atoms with E-state index in [2.05, 4.69) is 21.2 Å². The highest BCUT2D eigenvalue weighted by Crippen LogP contribution is 2.28. The molecule has 0 bridgehead atoms. The predicted molar refractivity (Wildman–Crippen MR) is 107 cm³/mol. The number of nitrogens with zero attached hydrogens (tertiary/aromatic N) is 2. The van der Waals surface area contributed by atoms with Gasteiger partial charge in [-0.1, -0.05) is 15.9 Å². The van der Waals surface area contributed by atoms with Crippen molar-refractivity contribution in [2.75, 3.05) is 11.5 Å². The van der Waals surface area contributed by atoms with Crippen LogP contribution in [0.1, 0.15) is 12.5 Å². The van der Waals surface area contributed by atoms with E-state index < -0.39 is 22.8 Å². The Labute approximate surface area is 173 Å². The third kappa shape index (κ3) is 4.16. The van der Waals surface area contributed by atoms with Crippen LogP contribution < -0.4 is 15.0 Å². The van der Waals surface area contributed by atoms with Gasteiger partial charge in [0.05, 0.1) is 17.2 Å². The van der Waals surface area contributed by atoms with Crippen molar-refractivity contribution in [1.29, 1.82) is 0 Å². The van der Waals surface area contributed by atoms with Crippen LogP contribution in [0.3, 0.4) is 0 Å². The van der Waals surface area contributed by atoms with Gasteiger partial charge in [0.25, 0.3) is 17.5 Å². The number of hydrogen-bond donors (Lipinski definition) is 1. The summed E-state index contributed by atoms with van der Waals surface area (Å²) < 4.78 is 6.23. The largest absolute Gasteiger partial charge is 0.493 e. The Kier molecular flexibility index (Phi) is 5.74. The first-order valence-corrected chi connectivity index (χ1v) is 9.19. The third-order valence-electron chi connectivity index (χ3n) is 3.99. The van der Waals surface area contributed by atoms with Crippen LogP contribution in [-0.2, 0) is 9.59 Å². The molecule has 1 saturated heterocycles. The van der Waals surface area contributed by atoms with Crippen molar-refractivity contribution in [2.24, 2.45) is 0 Å². The van der Waals surface area contributed by atoms with Gasteiger partial charge in [-0.2, -0.15) is 0 Å². The average molecular weight is 460 g/mol. The fraction of sp³-hybridized carbons (Fsp3) is 0.105. The van der Waals surface area contributed by atoms with E-state index in [1.807, 2.05) is 0 Å². The number of amides is 4. The van der Waals surface area contributed by atoms with Crippen LogP contribution in [0.2, 0.25) is 0 Å². The highest BCUT2D eigenvalue weighted by Gasteiger charge is 2.37. The van der Waals surface area contributed by atoms with Gasteiger partial charge < -0.3 is 4.74 Å². The van der Waals surface area contributed by atoms with E-state index in [9.17, 15) is 24.5 Å². The first-order valence-electron chi connectivity index (χ1n) is 8.40. The van der Waals surface area contributed by atoms with E-state index in [1.54, 1.807) is 25.1 Å². The fourth-order valence-electron chi connectivity index (χ4n) is 2.69. The van der Waals surface area contributed by atoms with Gasteiger partial charge in [0, 0.05) is 22.2 Å². The molecular weight excluding hydrogens is 446 g/mol. The number of carbonyl (C=O) groups excluding carboxylic acids is 3.